The van der Waals surface area contributed by atoms with E-state index in [1.54, 1.807) is 18.2 Å². The van der Waals surface area contributed by atoms with Crippen LogP contribution in [0.5, 0.6) is 5.75 Å². The van der Waals surface area contributed by atoms with E-state index in [4.69, 9.17) is 16.3 Å². The van der Waals surface area contributed by atoms with Crippen molar-refractivity contribution >= 4 is 33.2 Å². The van der Waals surface area contributed by atoms with Gasteiger partial charge >= 0.3 is 0 Å². The van der Waals surface area contributed by atoms with Gasteiger partial charge in [-0.1, -0.05) is 29.8 Å². The van der Waals surface area contributed by atoms with Crippen molar-refractivity contribution in [2.24, 2.45) is 0 Å². The number of amides is 1. The average Bonchev–Trinajstić information content (AvgIpc) is 2.65. The van der Waals surface area contributed by atoms with E-state index in [-0.39, 0.29) is 25.0 Å². The molecule has 0 unspecified atom stereocenters. The second-order valence-electron chi connectivity index (χ2n) is 7.46. The monoisotopic (exact) mass is 452 g/mol. The number of rotatable bonds is 10. The third-order valence-electron chi connectivity index (χ3n) is 4.39. The minimum Gasteiger partial charge on any atom is -0.491 e. The predicted molar refractivity (Wildman–Crippen MR) is 122 cm³/mol. The zero-order valence-corrected chi connectivity index (χ0v) is 19.4. The van der Waals surface area contributed by atoms with Gasteiger partial charge in [0.15, 0.2) is 0 Å². The molecular weight excluding hydrogens is 424 g/mol. The maximum absolute atomic E-state index is 12.2. The third kappa shape index (κ3) is 7.54. The topological polar surface area (TPSA) is 75.7 Å². The van der Waals surface area contributed by atoms with Crippen LogP contribution < -0.4 is 14.4 Å². The Morgan fingerprint density at radius 1 is 1.17 bits per heavy atom. The van der Waals surface area contributed by atoms with Gasteiger partial charge in [-0.05, 0) is 62.6 Å². The van der Waals surface area contributed by atoms with Gasteiger partial charge < -0.3 is 10.1 Å². The van der Waals surface area contributed by atoms with Crippen LogP contribution in [0.1, 0.15) is 37.8 Å². The fraction of sp³-hybridized carbons (Fsp3) is 0.409. The van der Waals surface area contributed by atoms with Crippen LogP contribution >= 0.6 is 11.6 Å². The first-order chi connectivity index (χ1) is 14.1. The maximum atomic E-state index is 12.2. The van der Waals surface area contributed by atoms with E-state index in [2.05, 4.69) is 5.32 Å². The second-order valence-corrected chi connectivity index (χ2v) is 9.80. The number of carbonyl (C=O) groups excluding carboxylic acids is 1. The van der Waals surface area contributed by atoms with Crippen molar-refractivity contribution in [3.8, 4) is 5.75 Å². The number of benzene rings is 2. The minimum atomic E-state index is -3.49. The number of halogens is 1. The molecule has 0 fully saturated rings. The van der Waals surface area contributed by atoms with E-state index in [9.17, 15) is 13.2 Å². The first-order valence-electron chi connectivity index (χ1n) is 9.82. The highest BCUT2D eigenvalue weighted by atomic mass is 35.5. The lowest BCUT2D eigenvalue weighted by Gasteiger charge is -2.24. The van der Waals surface area contributed by atoms with Crippen LogP contribution in [0.4, 0.5) is 5.69 Å². The Morgan fingerprint density at radius 2 is 1.83 bits per heavy atom. The van der Waals surface area contributed by atoms with E-state index in [0.717, 1.165) is 23.1 Å². The van der Waals surface area contributed by atoms with Crippen molar-refractivity contribution < 1.29 is 17.9 Å². The highest BCUT2D eigenvalue weighted by Crippen LogP contribution is 2.26. The van der Waals surface area contributed by atoms with Gasteiger partial charge in [0.2, 0.25) is 15.9 Å². The molecule has 164 valence electrons. The van der Waals surface area contributed by atoms with Crippen LogP contribution in [0.15, 0.2) is 42.5 Å². The van der Waals surface area contributed by atoms with Crippen LogP contribution in [0, 0.1) is 6.92 Å². The third-order valence-corrected chi connectivity index (χ3v) is 5.81. The van der Waals surface area contributed by atoms with Crippen LogP contribution in [0.25, 0.3) is 0 Å². The summed E-state index contributed by atoms with van der Waals surface area (Å²) in [5, 5.41) is 3.33. The molecule has 0 spiro atoms. The van der Waals surface area contributed by atoms with Gasteiger partial charge in [-0.2, -0.15) is 0 Å². The SMILES string of the molecule is Cc1ccc(Cl)cc1N(CCCC(=O)NCc1ccc(OC(C)C)cc1)S(C)(=O)=O. The van der Waals surface area contributed by atoms with E-state index < -0.39 is 10.0 Å². The Hall–Kier alpha value is -2.25. The Balaban J connectivity index is 1.88. The van der Waals surface area contributed by atoms with E-state index >= 15 is 0 Å². The lowest BCUT2D eigenvalue weighted by molar-refractivity contribution is -0.121. The first kappa shape index (κ1) is 24.0. The van der Waals surface area contributed by atoms with Gasteiger partial charge in [0.1, 0.15) is 5.75 Å². The number of anilines is 1. The van der Waals surface area contributed by atoms with Crippen LogP contribution in [-0.4, -0.2) is 33.2 Å². The van der Waals surface area contributed by atoms with E-state index in [0.29, 0.717) is 23.7 Å². The van der Waals surface area contributed by atoms with Crippen molar-refractivity contribution in [2.45, 2.75) is 46.3 Å². The molecular formula is C22H29ClN2O4S. The first-order valence-corrected chi connectivity index (χ1v) is 12.0. The molecule has 0 aliphatic rings. The molecule has 0 aliphatic heterocycles. The summed E-state index contributed by atoms with van der Waals surface area (Å²) in [6.45, 7) is 6.37. The number of hydrogen-bond acceptors (Lipinski definition) is 4. The smallest absolute Gasteiger partial charge is 0.232 e. The van der Waals surface area contributed by atoms with Crippen molar-refractivity contribution in [3.63, 3.8) is 0 Å². The number of carbonyl (C=O) groups is 1. The molecule has 0 radical (unpaired) electrons. The standard InChI is InChI=1S/C22H29ClN2O4S/c1-16(2)29-20-11-8-18(9-12-20)15-24-22(26)6-5-13-25(30(4,27)28)21-14-19(23)10-7-17(21)3/h7-12,14,16H,5-6,13,15H2,1-4H3,(H,24,26). The molecule has 0 saturated carbocycles. The van der Waals surface area contributed by atoms with Gasteiger partial charge in [0.05, 0.1) is 18.0 Å². The largest absolute Gasteiger partial charge is 0.491 e. The fourth-order valence-corrected chi connectivity index (χ4v) is 4.13. The molecule has 2 aromatic rings. The maximum Gasteiger partial charge on any atom is 0.232 e. The second kappa shape index (κ2) is 10.7. The Morgan fingerprint density at radius 3 is 2.43 bits per heavy atom. The van der Waals surface area contributed by atoms with Crippen molar-refractivity contribution in [2.75, 3.05) is 17.1 Å². The van der Waals surface area contributed by atoms with E-state index in [1.165, 1.54) is 4.31 Å². The number of hydrogen-bond donors (Lipinski definition) is 1. The zero-order valence-electron chi connectivity index (χ0n) is 17.8. The van der Waals surface area contributed by atoms with Gasteiger partial charge in [0, 0.05) is 24.5 Å². The fourth-order valence-electron chi connectivity index (χ4n) is 2.95. The van der Waals surface area contributed by atoms with E-state index in [1.807, 2.05) is 45.0 Å². The summed E-state index contributed by atoms with van der Waals surface area (Å²) in [7, 11) is -3.49. The number of sulfonamides is 1. The molecule has 0 bridgehead atoms. The highest BCUT2D eigenvalue weighted by Gasteiger charge is 2.19. The highest BCUT2D eigenvalue weighted by molar-refractivity contribution is 7.92. The van der Waals surface area contributed by atoms with Gasteiger partial charge in [-0.15, -0.1) is 0 Å². The van der Waals surface area contributed by atoms with Gasteiger partial charge in [-0.25, -0.2) is 8.42 Å². The average molecular weight is 453 g/mol. The Bertz CT molecular complexity index is 960. The number of nitrogens with zero attached hydrogens (tertiary/aromatic N) is 1. The van der Waals surface area contributed by atoms with Crippen molar-refractivity contribution in [1.29, 1.82) is 0 Å². The Labute approximate surface area is 184 Å². The summed E-state index contributed by atoms with van der Waals surface area (Å²) in [5.74, 6) is 0.658. The summed E-state index contributed by atoms with van der Waals surface area (Å²) < 4.78 is 31.4. The molecule has 0 aromatic heterocycles. The minimum absolute atomic E-state index is 0.109. The zero-order chi connectivity index (χ0) is 22.3. The molecule has 1 amide bonds. The van der Waals surface area contributed by atoms with Crippen molar-refractivity contribution in [1.82, 2.24) is 5.32 Å². The van der Waals surface area contributed by atoms with Crippen molar-refractivity contribution in [3.05, 3.63) is 58.6 Å². The lowest BCUT2D eigenvalue weighted by atomic mass is 10.2. The Kier molecular flexibility index (Phi) is 8.55. The molecule has 0 heterocycles. The molecule has 1 N–H and O–H groups in total. The lowest BCUT2D eigenvalue weighted by Crippen LogP contribution is -2.32. The summed E-state index contributed by atoms with van der Waals surface area (Å²) in [4.78, 5) is 12.2. The summed E-state index contributed by atoms with van der Waals surface area (Å²) in [5.41, 5.74) is 2.31. The number of aryl methyl sites for hydroxylation is 1. The van der Waals surface area contributed by atoms with Gasteiger partial charge in [0.25, 0.3) is 0 Å². The number of ether oxygens (including phenoxy) is 1. The molecule has 2 rings (SSSR count). The quantitative estimate of drug-likeness (QED) is 0.583. The van der Waals surface area contributed by atoms with Crippen LogP contribution in [0.2, 0.25) is 5.02 Å². The molecule has 0 atom stereocenters. The number of nitrogens with one attached hydrogen (secondary N) is 1. The summed E-state index contributed by atoms with van der Waals surface area (Å²) in [6.07, 6.45) is 1.88. The summed E-state index contributed by atoms with van der Waals surface area (Å²) in [6, 6.07) is 12.7. The molecule has 0 aliphatic carbocycles. The molecule has 6 nitrogen and oxygen atoms in total. The summed E-state index contributed by atoms with van der Waals surface area (Å²) >= 11 is 6.04. The normalized spacial score (nSPS) is 11.4. The predicted octanol–water partition coefficient (Wildman–Crippen LogP) is 4.30. The van der Waals surface area contributed by atoms with Gasteiger partial charge in [-0.3, -0.25) is 9.10 Å². The van der Waals surface area contributed by atoms with Crippen LogP contribution in [-0.2, 0) is 21.4 Å². The molecule has 8 heteroatoms. The molecule has 30 heavy (non-hydrogen) atoms. The van der Waals surface area contributed by atoms with Crippen LogP contribution in [0.3, 0.4) is 0 Å². The molecule has 0 saturated heterocycles. The molecule has 2 aromatic carbocycles.